The van der Waals surface area contributed by atoms with Crippen molar-refractivity contribution in [1.29, 1.82) is 0 Å². The molecule has 9 aromatic carbocycles. The zero-order chi connectivity index (χ0) is 30.9. The van der Waals surface area contributed by atoms with E-state index in [0.717, 1.165) is 27.3 Å². The van der Waals surface area contributed by atoms with E-state index in [-0.39, 0.29) is 0 Å². The predicted octanol–water partition coefficient (Wildman–Crippen LogP) is 13.2. The number of rotatable bonds is 3. The van der Waals surface area contributed by atoms with E-state index >= 15 is 0 Å². The van der Waals surface area contributed by atoms with Gasteiger partial charge in [-0.25, -0.2) is 0 Å². The molecule has 0 fully saturated rings. The Bertz CT molecular complexity index is 2800. The summed E-state index contributed by atoms with van der Waals surface area (Å²) < 4.78 is 6.48. The first-order valence-corrected chi connectivity index (χ1v) is 16.2. The van der Waals surface area contributed by atoms with Gasteiger partial charge in [0.2, 0.25) is 0 Å². The highest BCUT2D eigenvalue weighted by molar-refractivity contribution is 6.25. The number of benzene rings is 9. The fourth-order valence-corrected chi connectivity index (χ4v) is 7.71. The van der Waals surface area contributed by atoms with E-state index in [2.05, 4.69) is 164 Å². The van der Waals surface area contributed by atoms with Crippen LogP contribution in [-0.4, -0.2) is 0 Å². The quantitative estimate of drug-likeness (QED) is 0.185. The van der Waals surface area contributed by atoms with Crippen LogP contribution >= 0.6 is 0 Å². The maximum Gasteiger partial charge on any atom is 0.143 e. The minimum atomic E-state index is 0.923. The molecule has 0 aliphatic rings. The van der Waals surface area contributed by atoms with Crippen molar-refractivity contribution >= 4 is 65.0 Å². The Hall–Kier alpha value is -6.18. The molecular formula is C46H28O. The molecule has 0 saturated heterocycles. The Labute approximate surface area is 271 Å². The van der Waals surface area contributed by atoms with Gasteiger partial charge in [-0.2, -0.15) is 0 Å². The van der Waals surface area contributed by atoms with Gasteiger partial charge in [-0.05, 0) is 95.3 Å². The Balaban J connectivity index is 1.24. The van der Waals surface area contributed by atoms with Crippen LogP contribution in [0.5, 0.6) is 0 Å². The van der Waals surface area contributed by atoms with Crippen molar-refractivity contribution < 1.29 is 4.42 Å². The summed E-state index contributed by atoms with van der Waals surface area (Å²) in [6, 6.07) is 61.6. The van der Waals surface area contributed by atoms with Gasteiger partial charge in [0.25, 0.3) is 0 Å². The molecule has 47 heavy (non-hydrogen) atoms. The molecule has 218 valence electrons. The zero-order valence-electron chi connectivity index (χ0n) is 25.6. The van der Waals surface area contributed by atoms with Gasteiger partial charge < -0.3 is 4.42 Å². The third kappa shape index (κ3) is 3.97. The summed E-state index contributed by atoms with van der Waals surface area (Å²) in [4.78, 5) is 0. The second-order valence-corrected chi connectivity index (χ2v) is 12.4. The molecule has 0 N–H and O–H groups in total. The molecule has 0 spiro atoms. The first-order chi connectivity index (χ1) is 23.3. The minimum absolute atomic E-state index is 0.923. The molecule has 10 rings (SSSR count). The van der Waals surface area contributed by atoms with Gasteiger partial charge in [0.1, 0.15) is 11.2 Å². The van der Waals surface area contributed by atoms with Gasteiger partial charge in [0.15, 0.2) is 0 Å². The average molecular weight is 597 g/mol. The number of hydrogen-bond donors (Lipinski definition) is 0. The molecule has 0 saturated carbocycles. The largest absolute Gasteiger partial charge is 0.455 e. The third-order valence-electron chi connectivity index (χ3n) is 9.84. The second kappa shape index (κ2) is 10.2. The van der Waals surface area contributed by atoms with E-state index in [0.29, 0.717) is 0 Å². The van der Waals surface area contributed by atoms with E-state index in [1.165, 1.54) is 71.1 Å². The van der Waals surface area contributed by atoms with Crippen molar-refractivity contribution in [3.05, 3.63) is 170 Å². The molecule has 1 heteroatoms. The molecule has 0 amide bonds. The van der Waals surface area contributed by atoms with Gasteiger partial charge >= 0.3 is 0 Å². The maximum absolute atomic E-state index is 6.48. The first kappa shape index (κ1) is 26.1. The summed E-state index contributed by atoms with van der Waals surface area (Å²) in [6.07, 6.45) is 0. The minimum Gasteiger partial charge on any atom is -0.455 e. The predicted molar refractivity (Wildman–Crippen MR) is 200 cm³/mol. The average Bonchev–Trinajstić information content (AvgIpc) is 3.53. The van der Waals surface area contributed by atoms with Crippen molar-refractivity contribution in [1.82, 2.24) is 0 Å². The highest BCUT2D eigenvalue weighted by Gasteiger charge is 2.19. The van der Waals surface area contributed by atoms with E-state index in [1.54, 1.807) is 0 Å². The van der Waals surface area contributed by atoms with Gasteiger partial charge in [-0.3, -0.25) is 0 Å². The SMILES string of the molecule is c1cc(-c2ccc3ccccc3c2)cc(-c2c3ccccc3c(-c3cccc4c3ccc3c5ccccc5oc43)c3ccccc23)c1. The molecule has 0 atom stereocenters. The summed E-state index contributed by atoms with van der Waals surface area (Å²) >= 11 is 0. The Morgan fingerprint density at radius 3 is 1.64 bits per heavy atom. The van der Waals surface area contributed by atoms with Crippen LogP contribution in [0.25, 0.3) is 98.4 Å². The lowest BCUT2D eigenvalue weighted by Gasteiger charge is -2.19. The Kier molecular flexibility index (Phi) is 5.64. The lowest BCUT2D eigenvalue weighted by atomic mass is 9.84. The lowest BCUT2D eigenvalue weighted by molar-refractivity contribution is 0.672. The van der Waals surface area contributed by atoms with E-state index in [1.807, 2.05) is 6.07 Å². The summed E-state index contributed by atoms with van der Waals surface area (Å²) in [5, 5.41) is 12.1. The van der Waals surface area contributed by atoms with E-state index in [4.69, 9.17) is 4.42 Å². The van der Waals surface area contributed by atoms with E-state index < -0.39 is 0 Å². The van der Waals surface area contributed by atoms with Gasteiger partial charge in [-0.1, -0.05) is 146 Å². The van der Waals surface area contributed by atoms with Crippen molar-refractivity contribution in [2.45, 2.75) is 0 Å². The summed E-state index contributed by atoms with van der Waals surface area (Å²) in [6.45, 7) is 0. The van der Waals surface area contributed by atoms with Crippen LogP contribution in [0.4, 0.5) is 0 Å². The summed E-state index contributed by atoms with van der Waals surface area (Å²) in [5.41, 5.74) is 9.27. The lowest BCUT2D eigenvalue weighted by Crippen LogP contribution is -1.92. The standard InChI is InChI=1S/C46H28O/c1-2-12-30-27-32(24-23-29(30)11-1)31-13-9-14-33(28-31)44-37-16-3-5-18-39(37)45(40-19-6-4-17-38(40)44)36-20-10-21-41-34(36)25-26-42-35-15-7-8-22-43(35)47-46(41)42/h1-28H. The van der Waals surface area contributed by atoms with Gasteiger partial charge in [-0.15, -0.1) is 0 Å². The van der Waals surface area contributed by atoms with Crippen molar-refractivity contribution in [2.24, 2.45) is 0 Å². The smallest absolute Gasteiger partial charge is 0.143 e. The molecule has 0 radical (unpaired) electrons. The van der Waals surface area contributed by atoms with Crippen molar-refractivity contribution in [3.63, 3.8) is 0 Å². The second-order valence-electron chi connectivity index (χ2n) is 12.4. The summed E-state index contributed by atoms with van der Waals surface area (Å²) in [7, 11) is 0. The van der Waals surface area contributed by atoms with Crippen LogP contribution in [0.2, 0.25) is 0 Å². The third-order valence-corrected chi connectivity index (χ3v) is 9.84. The highest BCUT2D eigenvalue weighted by atomic mass is 16.3. The molecule has 0 aliphatic heterocycles. The topological polar surface area (TPSA) is 13.1 Å². The van der Waals surface area contributed by atoms with Gasteiger partial charge in [0, 0.05) is 16.2 Å². The highest BCUT2D eigenvalue weighted by Crippen LogP contribution is 2.46. The molecule has 10 aromatic rings. The van der Waals surface area contributed by atoms with Crippen LogP contribution in [-0.2, 0) is 0 Å². The van der Waals surface area contributed by atoms with Crippen LogP contribution in [0.15, 0.2) is 174 Å². The monoisotopic (exact) mass is 596 g/mol. The van der Waals surface area contributed by atoms with Gasteiger partial charge in [0.05, 0.1) is 0 Å². The number of para-hydroxylation sites is 1. The number of hydrogen-bond acceptors (Lipinski definition) is 1. The molecular weight excluding hydrogens is 569 g/mol. The molecule has 1 aromatic heterocycles. The first-order valence-electron chi connectivity index (χ1n) is 16.2. The Morgan fingerprint density at radius 2 is 0.851 bits per heavy atom. The van der Waals surface area contributed by atoms with Crippen molar-refractivity contribution in [3.8, 4) is 33.4 Å². The molecule has 0 unspecified atom stereocenters. The normalized spacial score (nSPS) is 11.8. The molecule has 0 bridgehead atoms. The fourth-order valence-electron chi connectivity index (χ4n) is 7.71. The van der Waals surface area contributed by atoms with E-state index in [9.17, 15) is 0 Å². The van der Waals surface area contributed by atoms with Crippen LogP contribution in [0.1, 0.15) is 0 Å². The van der Waals surface area contributed by atoms with Crippen LogP contribution in [0, 0.1) is 0 Å². The summed E-state index contributed by atoms with van der Waals surface area (Å²) in [5.74, 6) is 0. The zero-order valence-corrected chi connectivity index (χ0v) is 25.6. The molecule has 1 heterocycles. The van der Waals surface area contributed by atoms with Crippen LogP contribution < -0.4 is 0 Å². The number of fused-ring (bicyclic) bond motifs is 8. The maximum atomic E-state index is 6.48. The molecule has 0 aliphatic carbocycles. The Morgan fingerprint density at radius 1 is 0.298 bits per heavy atom. The fraction of sp³-hybridized carbons (Fsp3) is 0. The van der Waals surface area contributed by atoms with Crippen molar-refractivity contribution in [2.75, 3.05) is 0 Å². The number of furan rings is 1. The molecule has 1 nitrogen and oxygen atoms in total. The van der Waals surface area contributed by atoms with Crippen LogP contribution in [0.3, 0.4) is 0 Å².